The first kappa shape index (κ1) is 24.9. The van der Waals surface area contributed by atoms with E-state index in [1.165, 1.54) is 4.46 Å². The van der Waals surface area contributed by atoms with E-state index in [-0.39, 0.29) is 37.4 Å². The second kappa shape index (κ2) is 9.86. The Morgan fingerprint density at radius 1 is 1.07 bits per heavy atom. The van der Waals surface area contributed by atoms with Crippen LogP contribution in [0, 0.1) is 5.92 Å². The average molecular weight is 495 g/mol. The van der Waals surface area contributed by atoms with Crippen molar-refractivity contribution in [2.24, 2.45) is 5.92 Å². The summed E-state index contributed by atoms with van der Waals surface area (Å²) in [6.07, 6.45) is 1.27. The number of furan rings is 1. The second-order valence-corrected chi connectivity index (χ2v) is 17.3. The van der Waals surface area contributed by atoms with Gasteiger partial charge < -0.3 is 0 Å². The molecule has 1 aromatic carbocycles. The summed E-state index contributed by atoms with van der Waals surface area (Å²) in [4.78, 5) is 13.4. The van der Waals surface area contributed by atoms with E-state index in [4.69, 9.17) is 8.84 Å². The zero-order chi connectivity index (χ0) is 22.6. The van der Waals surface area contributed by atoms with Crippen molar-refractivity contribution in [3.05, 3.63) is 54.5 Å². The van der Waals surface area contributed by atoms with Crippen LogP contribution in [0.15, 0.2) is 53.1 Å². The molecule has 1 aromatic heterocycles. The fourth-order valence-electron chi connectivity index (χ4n) is 2.75. The van der Waals surface area contributed by atoms with Gasteiger partial charge in [-0.3, -0.25) is 0 Å². The molecule has 4 nitrogen and oxygen atoms in total. The zero-order valence-corrected chi connectivity index (χ0v) is 22.3. The van der Waals surface area contributed by atoms with Gasteiger partial charge in [0.25, 0.3) is 0 Å². The van der Waals surface area contributed by atoms with Gasteiger partial charge >= 0.3 is 190 Å². The van der Waals surface area contributed by atoms with E-state index in [9.17, 15) is 4.79 Å². The van der Waals surface area contributed by atoms with Crippen molar-refractivity contribution in [1.82, 2.24) is 5.32 Å². The summed E-state index contributed by atoms with van der Waals surface area (Å²) >= 11 is 0.156. The van der Waals surface area contributed by atoms with E-state index in [1.807, 2.05) is 39.0 Å². The van der Waals surface area contributed by atoms with Crippen LogP contribution in [0.1, 0.15) is 53.4 Å². The third-order valence-corrected chi connectivity index (χ3v) is 12.3. The Morgan fingerprint density at radius 2 is 1.70 bits per heavy atom. The van der Waals surface area contributed by atoms with Crippen LogP contribution < -0.4 is 9.78 Å². The summed E-state index contributed by atoms with van der Waals surface area (Å²) in [7, 11) is -2.13. The van der Waals surface area contributed by atoms with Gasteiger partial charge in [-0.15, -0.1) is 0 Å². The van der Waals surface area contributed by atoms with Gasteiger partial charge in [-0.05, 0) is 0 Å². The monoisotopic (exact) mass is 495 g/mol. The van der Waals surface area contributed by atoms with Crippen LogP contribution in [0.5, 0.6) is 0 Å². The molecule has 0 unspecified atom stereocenters. The molecule has 1 N–H and O–H groups in total. The summed E-state index contributed by atoms with van der Waals surface area (Å²) in [5, 5.41) is 3.97. The Kier molecular flexibility index (Phi) is 8.19. The summed E-state index contributed by atoms with van der Waals surface area (Å²) < 4.78 is 13.9. The molecule has 0 bridgehead atoms. The van der Waals surface area contributed by atoms with Gasteiger partial charge in [-0.1, -0.05) is 0 Å². The first-order valence-electron chi connectivity index (χ1n) is 10.5. The molecule has 0 radical (unpaired) electrons. The molecule has 0 aliphatic carbocycles. The minimum absolute atomic E-state index is 0.0282. The molecular weight excluding hydrogens is 457 g/mol. The number of hydrogen-bond donors (Lipinski definition) is 1. The van der Waals surface area contributed by atoms with Gasteiger partial charge in [0.15, 0.2) is 0 Å². The molecule has 0 fully saturated rings. The van der Waals surface area contributed by atoms with E-state index in [0.29, 0.717) is 0 Å². The Bertz CT molecular complexity index is 792. The third kappa shape index (κ3) is 7.12. The first-order chi connectivity index (χ1) is 13.8. The van der Waals surface area contributed by atoms with Crippen molar-refractivity contribution in [2.75, 3.05) is 0 Å². The molecule has 1 amide bonds. The van der Waals surface area contributed by atoms with Crippen molar-refractivity contribution in [3.63, 3.8) is 0 Å². The van der Waals surface area contributed by atoms with Crippen LogP contribution in [0.3, 0.4) is 0 Å². The van der Waals surface area contributed by atoms with Gasteiger partial charge in [-0.25, -0.2) is 0 Å². The molecule has 0 saturated heterocycles. The molecule has 2 atom stereocenters. The molecule has 30 heavy (non-hydrogen) atoms. The quantitative estimate of drug-likeness (QED) is 0.506. The van der Waals surface area contributed by atoms with E-state index >= 15 is 0 Å². The van der Waals surface area contributed by atoms with Crippen molar-refractivity contribution in [2.45, 2.75) is 76.6 Å². The van der Waals surface area contributed by atoms with E-state index < -0.39 is 14.4 Å². The van der Waals surface area contributed by atoms with Crippen LogP contribution in [0.25, 0.3) is 0 Å². The van der Waals surface area contributed by atoms with Crippen LogP contribution in [0.4, 0.5) is 0 Å². The minimum atomic E-state index is -2.13. The van der Waals surface area contributed by atoms with Gasteiger partial charge in [0.2, 0.25) is 0 Å². The number of amides is 1. The van der Waals surface area contributed by atoms with Crippen LogP contribution >= 0.6 is 0 Å². The molecule has 2 aromatic rings. The van der Waals surface area contributed by atoms with Gasteiger partial charge in [0.1, 0.15) is 0 Å². The summed E-state index contributed by atoms with van der Waals surface area (Å²) in [6.45, 7) is 17.2. The maximum absolute atomic E-state index is 13.4. The van der Waals surface area contributed by atoms with E-state index in [0.717, 1.165) is 11.1 Å². The average Bonchev–Trinajstić information content (AvgIpc) is 3.13. The van der Waals surface area contributed by atoms with Crippen molar-refractivity contribution < 1.29 is 13.6 Å². The Hall–Kier alpha value is -1.33. The Labute approximate surface area is 189 Å². The summed E-state index contributed by atoms with van der Waals surface area (Å²) in [5.74, 6) is 0.447. The number of carbonyl (C=O) groups excluding carboxylic acids is 1. The predicted octanol–water partition coefficient (Wildman–Crippen LogP) is 5.32. The molecular formula is C24H37NO3SeSi. The number of nitrogens with one attached hydrogen (secondary N) is 1. The Balaban J connectivity index is 2.39. The van der Waals surface area contributed by atoms with Crippen LogP contribution in [-0.4, -0.2) is 34.7 Å². The molecule has 2 rings (SSSR count). The molecule has 0 aliphatic heterocycles. The fraction of sp³-hybridized carbons (Fsp3) is 0.542. The number of carbonyl (C=O) groups is 1. The van der Waals surface area contributed by atoms with Crippen molar-refractivity contribution >= 4 is 33.6 Å². The zero-order valence-electron chi connectivity index (χ0n) is 19.6. The second-order valence-electron chi connectivity index (χ2n) is 10.3. The normalized spacial score (nSPS) is 14.9. The van der Waals surface area contributed by atoms with Crippen molar-refractivity contribution in [3.8, 4) is 0 Å². The standard InChI is InChI=1S/C24H37NO3SeSi/c1-23(2,3)25-22(26)19(17-29-18-13-10-9-11-14-18)21(20-15-12-16-27-20)28-30(7,8)24(4,5)6/h9-16,19,21H,17H2,1-8H3,(H,25,26)/t19-,21-/m0/s1. The topological polar surface area (TPSA) is 51.5 Å². The van der Waals surface area contributed by atoms with Gasteiger partial charge in [0.05, 0.1) is 0 Å². The SMILES string of the molecule is CC(C)(C)NC(=O)[C@@H](C[Se]c1ccccc1)[C@H](O[Si](C)(C)C(C)(C)C)c1ccco1. The predicted molar refractivity (Wildman–Crippen MR) is 128 cm³/mol. The van der Waals surface area contributed by atoms with E-state index in [1.54, 1.807) is 6.26 Å². The molecule has 0 saturated carbocycles. The molecule has 1 heterocycles. The molecule has 0 aliphatic rings. The number of hydrogen-bond acceptors (Lipinski definition) is 3. The Morgan fingerprint density at radius 3 is 2.20 bits per heavy atom. The number of benzene rings is 1. The maximum atomic E-state index is 13.4. The first-order valence-corrected chi connectivity index (χ1v) is 15.5. The third-order valence-electron chi connectivity index (χ3n) is 5.42. The van der Waals surface area contributed by atoms with Gasteiger partial charge in [0, 0.05) is 0 Å². The fourth-order valence-corrected chi connectivity index (χ4v) is 6.22. The number of rotatable bonds is 8. The molecule has 166 valence electrons. The summed E-state index contributed by atoms with van der Waals surface area (Å²) in [5.41, 5.74) is -0.306. The van der Waals surface area contributed by atoms with E-state index in [2.05, 4.69) is 63.4 Å². The van der Waals surface area contributed by atoms with Gasteiger partial charge in [-0.2, -0.15) is 0 Å². The van der Waals surface area contributed by atoms with Crippen molar-refractivity contribution in [1.29, 1.82) is 0 Å². The molecule has 0 spiro atoms. The molecule has 6 heteroatoms. The van der Waals surface area contributed by atoms with Crippen LogP contribution in [-0.2, 0) is 9.22 Å². The summed E-state index contributed by atoms with van der Waals surface area (Å²) in [6, 6.07) is 14.2. The van der Waals surface area contributed by atoms with Crippen LogP contribution in [0.2, 0.25) is 23.5 Å².